The number of hydrogen-bond acceptors (Lipinski definition) is 7. The Morgan fingerprint density at radius 3 is 2.61 bits per heavy atom. The lowest BCUT2D eigenvalue weighted by molar-refractivity contribution is -0.137. The molecule has 4 rings (SSSR count). The summed E-state index contributed by atoms with van der Waals surface area (Å²) in [4.78, 5) is 26.0. The summed E-state index contributed by atoms with van der Waals surface area (Å²) in [5.41, 5.74) is 3.51. The van der Waals surface area contributed by atoms with Crippen LogP contribution in [0.4, 0.5) is 36.3 Å². The number of nitrogens with zero attached hydrogens (tertiary/aromatic N) is 2. The molecule has 202 valence electrons. The van der Waals surface area contributed by atoms with Gasteiger partial charge in [0.2, 0.25) is 5.95 Å². The quantitative estimate of drug-likeness (QED) is 0.237. The molecule has 3 aromatic rings. The number of rotatable bonds is 9. The third kappa shape index (κ3) is 6.34. The topological polar surface area (TPSA) is 97.4 Å². The molecule has 8 nitrogen and oxygen atoms in total. The van der Waals surface area contributed by atoms with Crippen LogP contribution >= 0.6 is 7.92 Å². The molecule has 12 heteroatoms. The van der Waals surface area contributed by atoms with E-state index in [0.717, 1.165) is 11.5 Å². The summed E-state index contributed by atoms with van der Waals surface area (Å²) < 4.78 is 47.1. The van der Waals surface area contributed by atoms with Gasteiger partial charge in [0.25, 0.3) is 5.91 Å². The van der Waals surface area contributed by atoms with E-state index in [1.165, 1.54) is 0 Å². The minimum absolute atomic E-state index is 0.0524. The molecule has 0 bridgehead atoms. The van der Waals surface area contributed by atoms with Crippen molar-refractivity contribution >= 4 is 42.3 Å². The molecule has 0 radical (unpaired) electrons. The van der Waals surface area contributed by atoms with E-state index in [1.54, 1.807) is 24.3 Å². The zero-order chi connectivity index (χ0) is 27.4. The zero-order valence-electron chi connectivity index (χ0n) is 21.4. The lowest BCUT2D eigenvalue weighted by Gasteiger charge is -2.18. The molecular weight excluding hydrogens is 518 g/mol. The van der Waals surface area contributed by atoms with Gasteiger partial charge in [-0.3, -0.25) is 9.63 Å². The van der Waals surface area contributed by atoms with Crippen molar-refractivity contribution in [3.63, 3.8) is 0 Å². The highest BCUT2D eigenvalue weighted by molar-refractivity contribution is 7.64. The number of hydroxylamine groups is 1. The molecule has 0 spiro atoms. The van der Waals surface area contributed by atoms with Crippen molar-refractivity contribution in [3.05, 3.63) is 59.3 Å². The molecule has 1 aromatic heterocycles. The zero-order valence-corrected chi connectivity index (χ0v) is 22.3. The van der Waals surface area contributed by atoms with Gasteiger partial charge in [0.05, 0.1) is 18.9 Å². The average Bonchev–Trinajstić information content (AvgIpc) is 3.34. The third-order valence-corrected chi connectivity index (χ3v) is 7.02. The number of amides is 1. The van der Waals surface area contributed by atoms with Crippen LogP contribution in [0.3, 0.4) is 0 Å². The number of carbonyl (C=O) groups excluding carboxylic acids is 1. The molecule has 3 N–H and O–H groups in total. The van der Waals surface area contributed by atoms with Gasteiger partial charge in [0, 0.05) is 29.4 Å². The molecular formula is C26H29F3N5O3P. The molecule has 38 heavy (non-hydrogen) atoms. The van der Waals surface area contributed by atoms with Crippen molar-refractivity contribution in [2.75, 3.05) is 37.2 Å². The number of para-hydroxylation sites is 1. The predicted molar refractivity (Wildman–Crippen MR) is 142 cm³/mol. The largest absolute Gasteiger partial charge is 0.491 e. The molecule has 0 saturated heterocycles. The lowest BCUT2D eigenvalue weighted by Crippen LogP contribution is -2.26. The van der Waals surface area contributed by atoms with Crippen molar-refractivity contribution in [1.29, 1.82) is 0 Å². The van der Waals surface area contributed by atoms with Gasteiger partial charge in [0.1, 0.15) is 17.1 Å². The Kier molecular flexibility index (Phi) is 8.38. The van der Waals surface area contributed by atoms with Gasteiger partial charge in [-0.1, -0.05) is 40.0 Å². The molecule has 1 aliphatic rings. The first-order chi connectivity index (χ1) is 18.0. The third-order valence-electron chi connectivity index (χ3n) is 5.66. The minimum atomic E-state index is -4.66. The monoisotopic (exact) mass is 547 g/mol. The van der Waals surface area contributed by atoms with E-state index in [0.29, 0.717) is 47.9 Å². The van der Waals surface area contributed by atoms with Crippen LogP contribution in [0.15, 0.2) is 42.6 Å². The van der Waals surface area contributed by atoms with Crippen molar-refractivity contribution in [3.8, 4) is 5.75 Å². The summed E-state index contributed by atoms with van der Waals surface area (Å²) in [7, 11) is -0.578. The molecule has 1 aliphatic heterocycles. The fourth-order valence-electron chi connectivity index (χ4n) is 3.90. The van der Waals surface area contributed by atoms with E-state index in [2.05, 4.69) is 26.1 Å². The molecule has 0 aliphatic carbocycles. The Morgan fingerprint density at radius 2 is 1.89 bits per heavy atom. The summed E-state index contributed by atoms with van der Waals surface area (Å²) in [5, 5.41) is 6.74. The van der Waals surface area contributed by atoms with Crippen LogP contribution < -0.4 is 26.2 Å². The second kappa shape index (κ2) is 11.5. The van der Waals surface area contributed by atoms with E-state index in [1.807, 2.05) is 39.3 Å². The van der Waals surface area contributed by atoms with Gasteiger partial charge >= 0.3 is 6.18 Å². The highest BCUT2D eigenvalue weighted by Crippen LogP contribution is 2.39. The summed E-state index contributed by atoms with van der Waals surface area (Å²) in [6, 6.07) is 10.4. The van der Waals surface area contributed by atoms with Crippen LogP contribution in [-0.2, 0) is 17.4 Å². The number of anilines is 4. The summed E-state index contributed by atoms with van der Waals surface area (Å²) >= 11 is 0. The molecule has 2 aromatic carbocycles. The van der Waals surface area contributed by atoms with Crippen molar-refractivity contribution < 1.29 is 27.5 Å². The summed E-state index contributed by atoms with van der Waals surface area (Å²) in [6.45, 7) is 8.70. The molecule has 1 amide bonds. The highest BCUT2D eigenvalue weighted by atomic mass is 31.1. The Morgan fingerprint density at radius 1 is 1.13 bits per heavy atom. The van der Waals surface area contributed by atoms with Gasteiger partial charge in [-0.2, -0.15) is 18.2 Å². The smallest absolute Gasteiger partial charge is 0.421 e. The first-order valence-corrected chi connectivity index (χ1v) is 14.2. The van der Waals surface area contributed by atoms with E-state index in [-0.39, 0.29) is 17.7 Å². The number of nitrogens with one attached hydrogen (secondary N) is 3. The highest BCUT2D eigenvalue weighted by Gasteiger charge is 2.36. The number of alkyl halides is 3. The van der Waals surface area contributed by atoms with Crippen LogP contribution in [0, 0.1) is 5.92 Å². The Bertz CT molecular complexity index is 1320. The van der Waals surface area contributed by atoms with E-state index in [4.69, 9.17) is 9.57 Å². The van der Waals surface area contributed by atoms with Gasteiger partial charge in [-0.05, 0) is 42.8 Å². The number of benzene rings is 2. The van der Waals surface area contributed by atoms with E-state index in [9.17, 15) is 18.0 Å². The standard InChI is InChI=1S/C26H29F3N5O3P/c1-15(2)14-37-34-24(35)17-9-10-20(22-16(17)11-12-36-22)32-25-30-13-18(26(27,28)29)23(33-25)31-19-7-5-6-8-21(19)38(3)4/h5-10,13,15H,11-12,14H2,1-4H3,(H,34,35)(H2,30,31,32,33). The Balaban J connectivity index is 1.63. The summed E-state index contributed by atoms with van der Waals surface area (Å²) in [5.74, 6) is -0.147. The first-order valence-electron chi connectivity index (χ1n) is 12.0. The van der Waals surface area contributed by atoms with Crippen molar-refractivity contribution in [2.45, 2.75) is 26.4 Å². The van der Waals surface area contributed by atoms with Crippen LogP contribution in [0.2, 0.25) is 0 Å². The fraction of sp³-hybridized carbons (Fsp3) is 0.346. The van der Waals surface area contributed by atoms with Crippen LogP contribution in [0.5, 0.6) is 5.75 Å². The second-order valence-electron chi connectivity index (χ2n) is 9.32. The number of halogens is 3. The van der Waals surface area contributed by atoms with Crippen LogP contribution in [-0.4, -0.2) is 42.4 Å². The van der Waals surface area contributed by atoms with Crippen LogP contribution in [0.25, 0.3) is 0 Å². The molecule has 0 fully saturated rings. The number of fused-ring (bicyclic) bond motifs is 1. The van der Waals surface area contributed by atoms with Gasteiger partial charge in [-0.15, -0.1) is 0 Å². The maximum absolute atomic E-state index is 13.8. The molecule has 0 unspecified atom stereocenters. The van der Waals surface area contributed by atoms with Crippen LogP contribution in [0.1, 0.15) is 35.3 Å². The maximum Gasteiger partial charge on any atom is 0.421 e. The number of hydrogen-bond donors (Lipinski definition) is 3. The average molecular weight is 548 g/mol. The normalized spacial score (nSPS) is 12.9. The number of ether oxygens (including phenoxy) is 1. The molecule has 2 heterocycles. The maximum atomic E-state index is 13.8. The van der Waals surface area contributed by atoms with E-state index >= 15 is 0 Å². The fourth-order valence-corrected chi connectivity index (χ4v) is 4.89. The predicted octanol–water partition coefficient (Wildman–Crippen LogP) is 5.60. The summed E-state index contributed by atoms with van der Waals surface area (Å²) in [6.07, 6.45) is -3.42. The van der Waals surface area contributed by atoms with Gasteiger partial charge < -0.3 is 15.4 Å². The molecule has 0 atom stereocenters. The first kappa shape index (κ1) is 27.6. The second-order valence-corrected chi connectivity index (χ2v) is 11.6. The van der Waals surface area contributed by atoms with Crippen molar-refractivity contribution in [2.24, 2.45) is 5.92 Å². The lowest BCUT2D eigenvalue weighted by atomic mass is 10.0. The van der Waals surface area contributed by atoms with Gasteiger partial charge in [0.15, 0.2) is 0 Å². The van der Waals surface area contributed by atoms with Gasteiger partial charge in [-0.25, -0.2) is 10.5 Å². The number of aromatic nitrogens is 2. The SMILES string of the molecule is CC(C)CONC(=O)c1ccc(Nc2ncc(C(F)(F)F)c(Nc3ccccc3P(C)C)n2)c2c1CCO2. The van der Waals surface area contributed by atoms with E-state index < -0.39 is 25.6 Å². The number of carbonyl (C=O) groups is 1. The Labute approximate surface area is 220 Å². The molecule has 0 saturated carbocycles. The minimum Gasteiger partial charge on any atom is -0.491 e. The van der Waals surface area contributed by atoms with Crippen molar-refractivity contribution in [1.82, 2.24) is 15.4 Å². The Hall–Kier alpha value is -3.43.